The van der Waals surface area contributed by atoms with Crippen LogP contribution in [0.2, 0.25) is 0 Å². The molecule has 1 aromatic heterocycles. The van der Waals surface area contributed by atoms with Gasteiger partial charge in [-0.05, 0) is 32.9 Å². The highest BCUT2D eigenvalue weighted by atomic mass is 16.5. The summed E-state index contributed by atoms with van der Waals surface area (Å²) in [6.45, 7) is 4.87. The molecule has 0 amide bonds. The van der Waals surface area contributed by atoms with Crippen molar-refractivity contribution in [1.29, 1.82) is 0 Å². The van der Waals surface area contributed by atoms with E-state index in [-0.39, 0.29) is 11.1 Å². The van der Waals surface area contributed by atoms with Crippen LogP contribution < -0.4 is 10.2 Å². The van der Waals surface area contributed by atoms with Crippen LogP contribution in [0, 0.1) is 6.92 Å². The number of ether oxygens (including phenoxy) is 1. The number of methoxy groups -OCH3 is 1. The second-order valence-corrected chi connectivity index (χ2v) is 5.14. The maximum Gasteiger partial charge on any atom is 0.206 e. The Morgan fingerprint density at radius 3 is 2.55 bits per heavy atom. The minimum Gasteiger partial charge on any atom is -0.494 e. The molecule has 0 saturated carbocycles. The lowest BCUT2D eigenvalue weighted by atomic mass is 10.0. The SMILES string of the molecule is COc1ccccc1-n1nc(C(C)(C)O)c(=O)cc1C. The molecule has 20 heavy (non-hydrogen) atoms. The molecule has 1 heterocycles. The van der Waals surface area contributed by atoms with Gasteiger partial charge in [-0.2, -0.15) is 5.10 Å². The number of benzene rings is 1. The Bertz CT molecular complexity index is 684. The monoisotopic (exact) mass is 274 g/mol. The van der Waals surface area contributed by atoms with Crippen LogP contribution in [0.1, 0.15) is 25.2 Å². The van der Waals surface area contributed by atoms with Gasteiger partial charge in [0.05, 0.1) is 7.11 Å². The summed E-state index contributed by atoms with van der Waals surface area (Å²) < 4.78 is 6.91. The van der Waals surface area contributed by atoms with Gasteiger partial charge < -0.3 is 9.84 Å². The van der Waals surface area contributed by atoms with Crippen molar-refractivity contribution in [2.24, 2.45) is 0 Å². The highest BCUT2D eigenvalue weighted by Crippen LogP contribution is 2.23. The average Bonchev–Trinajstić information content (AvgIpc) is 2.37. The van der Waals surface area contributed by atoms with Crippen LogP contribution in [0.3, 0.4) is 0 Å². The van der Waals surface area contributed by atoms with Gasteiger partial charge in [0.15, 0.2) is 0 Å². The fourth-order valence-corrected chi connectivity index (χ4v) is 2.02. The van der Waals surface area contributed by atoms with Gasteiger partial charge in [-0.15, -0.1) is 0 Å². The number of para-hydroxylation sites is 2. The number of rotatable bonds is 3. The van der Waals surface area contributed by atoms with E-state index < -0.39 is 5.60 Å². The highest BCUT2D eigenvalue weighted by molar-refractivity contribution is 5.46. The van der Waals surface area contributed by atoms with Crippen molar-refractivity contribution in [1.82, 2.24) is 9.78 Å². The summed E-state index contributed by atoms with van der Waals surface area (Å²) in [5, 5.41) is 14.3. The molecule has 2 aromatic rings. The van der Waals surface area contributed by atoms with E-state index in [0.717, 1.165) is 5.69 Å². The summed E-state index contributed by atoms with van der Waals surface area (Å²) in [7, 11) is 1.58. The van der Waals surface area contributed by atoms with Crippen molar-refractivity contribution in [2.75, 3.05) is 7.11 Å². The maximum atomic E-state index is 12.0. The molecule has 0 aliphatic heterocycles. The van der Waals surface area contributed by atoms with E-state index in [4.69, 9.17) is 4.74 Å². The lowest BCUT2D eigenvalue weighted by Gasteiger charge is -2.19. The average molecular weight is 274 g/mol. The molecule has 5 heteroatoms. The standard InChI is InChI=1S/C15H18N2O3/c1-10-9-12(18)14(15(2,3)19)16-17(10)11-7-5-6-8-13(11)20-4/h5-9,19H,1-4H3. The first kappa shape index (κ1) is 14.3. The molecule has 0 spiro atoms. The van der Waals surface area contributed by atoms with Gasteiger partial charge in [0.2, 0.25) is 5.43 Å². The van der Waals surface area contributed by atoms with E-state index in [1.807, 2.05) is 24.3 Å². The van der Waals surface area contributed by atoms with Crippen molar-refractivity contribution < 1.29 is 9.84 Å². The number of hydrogen-bond acceptors (Lipinski definition) is 4. The van der Waals surface area contributed by atoms with Gasteiger partial charge in [0.25, 0.3) is 0 Å². The van der Waals surface area contributed by atoms with Crippen molar-refractivity contribution in [3.63, 3.8) is 0 Å². The van der Waals surface area contributed by atoms with Crippen molar-refractivity contribution in [3.05, 3.63) is 51.9 Å². The molecule has 0 bridgehead atoms. The molecule has 106 valence electrons. The van der Waals surface area contributed by atoms with Crippen LogP contribution in [-0.4, -0.2) is 22.0 Å². The van der Waals surface area contributed by atoms with Crippen molar-refractivity contribution in [3.8, 4) is 11.4 Å². The van der Waals surface area contributed by atoms with Crippen molar-refractivity contribution in [2.45, 2.75) is 26.4 Å². The van der Waals surface area contributed by atoms with E-state index >= 15 is 0 Å². The first-order valence-corrected chi connectivity index (χ1v) is 6.32. The largest absolute Gasteiger partial charge is 0.494 e. The normalized spacial score (nSPS) is 11.4. The van der Waals surface area contributed by atoms with E-state index in [1.54, 1.807) is 32.6 Å². The first-order valence-electron chi connectivity index (χ1n) is 6.32. The zero-order valence-corrected chi connectivity index (χ0v) is 12.0. The Balaban J connectivity index is 2.72. The molecule has 0 radical (unpaired) electrons. The number of aromatic nitrogens is 2. The summed E-state index contributed by atoms with van der Waals surface area (Å²) in [6, 6.07) is 8.85. The Hall–Kier alpha value is -2.14. The molecule has 2 rings (SSSR count). The van der Waals surface area contributed by atoms with Gasteiger partial charge in [0.1, 0.15) is 22.7 Å². The predicted molar refractivity (Wildman–Crippen MR) is 76.4 cm³/mol. The van der Waals surface area contributed by atoms with Gasteiger partial charge in [0, 0.05) is 11.8 Å². The van der Waals surface area contributed by atoms with Crippen LogP contribution in [0.5, 0.6) is 5.75 Å². The van der Waals surface area contributed by atoms with E-state index in [9.17, 15) is 9.90 Å². The zero-order valence-electron chi connectivity index (χ0n) is 12.0. The van der Waals surface area contributed by atoms with Crippen LogP contribution in [0.25, 0.3) is 5.69 Å². The Kier molecular flexibility index (Phi) is 3.63. The third-order valence-electron chi connectivity index (χ3n) is 3.00. The number of hydrogen-bond donors (Lipinski definition) is 1. The molecule has 0 aliphatic rings. The van der Waals surface area contributed by atoms with E-state index in [1.165, 1.54) is 6.07 Å². The zero-order chi connectivity index (χ0) is 14.9. The fourth-order valence-electron chi connectivity index (χ4n) is 2.02. The molecular weight excluding hydrogens is 256 g/mol. The Morgan fingerprint density at radius 1 is 1.30 bits per heavy atom. The fraction of sp³-hybridized carbons (Fsp3) is 0.333. The van der Waals surface area contributed by atoms with Crippen molar-refractivity contribution >= 4 is 0 Å². The molecule has 0 fully saturated rings. The molecule has 1 aromatic carbocycles. The smallest absolute Gasteiger partial charge is 0.206 e. The third-order valence-corrected chi connectivity index (χ3v) is 3.00. The molecule has 0 saturated heterocycles. The van der Waals surface area contributed by atoms with Crippen LogP contribution in [0.15, 0.2) is 35.1 Å². The highest BCUT2D eigenvalue weighted by Gasteiger charge is 2.23. The molecule has 0 aliphatic carbocycles. The molecule has 5 nitrogen and oxygen atoms in total. The predicted octanol–water partition coefficient (Wildman–Crippen LogP) is 1.78. The minimum absolute atomic E-state index is 0.106. The summed E-state index contributed by atoms with van der Waals surface area (Å²) in [6.07, 6.45) is 0. The van der Waals surface area contributed by atoms with Gasteiger partial charge >= 0.3 is 0 Å². The maximum absolute atomic E-state index is 12.0. The van der Waals surface area contributed by atoms with Crippen LogP contribution in [0.4, 0.5) is 0 Å². The summed E-state index contributed by atoms with van der Waals surface area (Å²) in [5.41, 5.74) is -0.0742. The second kappa shape index (κ2) is 5.09. The second-order valence-electron chi connectivity index (χ2n) is 5.14. The Labute approximate surface area is 117 Å². The molecular formula is C15H18N2O3. The number of aryl methyl sites for hydroxylation is 1. The number of nitrogens with zero attached hydrogens (tertiary/aromatic N) is 2. The van der Waals surface area contributed by atoms with Crippen LogP contribution >= 0.6 is 0 Å². The van der Waals surface area contributed by atoms with Gasteiger partial charge in [-0.3, -0.25) is 4.79 Å². The summed E-state index contributed by atoms with van der Waals surface area (Å²) >= 11 is 0. The van der Waals surface area contributed by atoms with E-state index in [2.05, 4.69) is 5.10 Å². The molecule has 1 N–H and O–H groups in total. The topological polar surface area (TPSA) is 64.3 Å². The minimum atomic E-state index is -1.30. The summed E-state index contributed by atoms with van der Waals surface area (Å²) in [5.74, 6) is 0.647. The number of aliphatic hydroxyl groups is 1. The summed E-state index contributed by atoms with van der Waals surface area (Å²) in [4.78, 5) is 12.0. The van der Waals surface area contributed by atoms with Gasteiger partial charge in [-0.25, -0.2) is 4.68 Å². The van der Waals surface area contributed by atoms with Gasteiger partial charge in [-0.1, -0.05) is 12.1 Å². The lowest BCUT2D eigenvalue weighted by Crippen LogP contribution is -2.30. The lowest BCUT2D eigenvalue weighted by molar-refractivity contribution is 0.0709. The Morgan fingerprint density at radius 2 is 1.95 bits per heavy atom. The first-order chi connectivity index (χ1) is 9.34. The third kappa shape index (κ3) is 2.58. The van der Waals surface area contributed by atoms with E-state index in [0.29, 0.717) is 11.4 Å². The molecule has 0 unspecified atom stereocenters. The van der Waals surface area contributed by atoms with Crippen LogP contribution in [-0.2, 0) is 5.60 Å². The quantitative estimate of drug-likeness (QED) is 0.926. The molecule has 0 atom stereocenters.